The molecule has 1 rings (SSSR count). The van der Waals surface area contributed by atoms with Gasteiger partial charge in [-0.05, 0) is 30.5 Å². The van der Waals surface area contributed by atoms with Crippen LogP contribution in [0.15, 0.2) is 42.5 Å². The zero-order chi connectivity index (χ0) is 11.6. The van der Waals surface area contributed by atoms with E-state index in [2.05, 4.69) is 31.8 Å². The maximum absolute atomic E-state index is 3.12. The summed E-state index contributed by atoms with van der Waals surface area (Å²) in [5, 5.41) is 0. The molecule has 0 saturated heterocycles. The van der Waals surface area contributed by atoms with E-state index < -0.39 is 0 Å². The van der Waals surface area contributed by atoms with E-state index in [9.17, 15) is 0 Å². The van der Waals surface area contributed by atoms with Gasteiger partial charge in [-0.3, -0.25) is 0 Å². The number of benzene rings is 1. The molecule has 0 N–H and O–H groups in total. The summed E-state index contributed by atoms with van der Waals surface area (Å²) in [6.45, 7) is 4.50. The molecule has 0 radical (unpaired) electrons. The van der Waals surface area contributed by atoms with Gasteiger partial charge in [-0.15, -0.1) is 0 Å². The Bertz CT molecular complexity index is 358. The van der Waals surface area contributed by atoms with E-state index >= 15 is 0 Å². The first kappa shape index (κ1) is 12.6. The first-order valence-electron chi connectivity index (χ1n) is 6.08. The molecule has 0 atom stereocenters. The van der Waals surface area contributed by atoms with Crippen molar-refractivity contribution in [2.75, 3.05) is 0 Å². The molecule has 0 unspecified atom stereocenters. The molecule has 0 bridgehead atoms. The SMILES string of the molecule is CCC(CC)C/C=C/C#Cc1ccccc1. The van der Waals surface area contributed by atoms with Crippen molar-refractivity contribution in [2.45, 2.75) is 33.1 Å². The summed E-state index contributed by atoms with van der Waals surface area (Å²) in [6, 6.07) is 10.1. The maximum Gasteiger partial charge on any atom is 0.0248 e. The fraction of sp³-hybridized carbons (Fsp3) is 0.375. The summed E-state index contributed by atoms with van der Waals surface area (Å²) >= 11 is 0. The van der Waals surface area contributed by atoms with Crippen LogP contribution in [0.1, 0.15) is 38.7 Å². The first-order chi connectivity index (χ1) is 7.86. The van der Waals surface area contributed by atoms with Crippen LogP contribution in [0.25, 0.3) is 0 Å². The quantitative estimate of drug-likeness (QED) is 0.648. The molecule has 0 nitrogen and oxygen atoms in total. The molecule has 1 aromatic rings. The van der Waals surface area contributed by atoms with Gasteiger partial charge in [0.15, 0.2) is 0 Å². The minimum absolute atomic E-state index is 0.815. The van der Waals surface area contributed by atoms with E-state index in [1.165, 1.54) is 12.8 Å². The Hall–Kier alpha value is -1.48. The van der Waals surface area contributed by atoms with E-state index in [0.717, 1.165) is 17.9 Å². The molecule has 0 heteroatoms. The second-order valence-electron chi connectivity index (χ2n) is 3.96. The van der Waals surface area contributed by atoms with Crippen LogP contribution in [0.5, 0.6) is 0 Å². The normalized spacial score (nSPS) is 10.4. The lowest BCUT2D eigenvalue weighted by Crippen LogP contribution is -1.93. The van der Waals surface area contributed by atoms with Crippen LogP contribution >= 0.6 is 0 Å². The topological polar surface area (TPSA) is 0 Å². The van der Waals surface area contributed by atoms with Crippen molar-refractivity contribution in [1.82, 2.24) is 0 Å². The van der Waals surface area contributed by atoms with E-state index in [1.54, 1.807) is 0 Å². The van der Waals surface area contributed by atoms with Crippen molar-refractivity contribution in [2.24, 2.45) is 5.92 Å². The average Bonchev–Trinajstić information content (AvgIpc) is 2.35. The molecular formula is C16H20. The van der Waals surface area contributed by atoms with Crippen LogP contribution < -0.4 is 0 Å². The Labute approximate surface area is 99.4 Å². The molecular weight excluding hydrogens is 192 g/mol. The highest BCUT2D eigenvalue weighted by Crippen LogP contribution is 2.12. The second kappa shape index (κ2) is 7.77. The third-order valence-corrected chi connectivity index (χ3v) is 2.82. The molecule has 16 heavy (non-hydrogen) atoms. The Kier molecular flexibility index (Phi) is 6.11. The predicted octanol–water partition coefficient (Wildman–Crippen LogP) is 4.42. The molecule has 84 valence electrons. The summed E-state index contributed by atoms with van der Waals surface area (Å²) in [5.74, 6) is 7.01. The summed E-state index contributed by atoms with van der Waals surface area (Å²) in [5.41, 5.74) is 1.08. The number of allylic oxidation sites excluding steroid dienone is 2. The lowest BCUT2D eigenvalue weighted by molar-refractivity contribution is 0.500. The van der Waals surface area contributed by atoms with Gasteiger partial charge in [0.2, 0.25) is 0 Å². The van der Waals surface area contributed by atoms with Crippen molar-refractivity contribution < 1.29 is 0 Å². The van der Waals surface area contributed by atoms with Crippen molar-refractivity contribution in [3.8, 4) is 11.8 Å². The Balaban J connectivity index is 2.40. The van der Waals surface area contributed by atoms with Crippen LogP contribution in [0.4, 0.5) is 0 Å². The van der Waals surface area contributed by atoms with Gasteiger partial charge in [-0.1, -0.05) is 62.8 Å². The minimum Gasteiger partial charge on any atom is -0.0759 e. The lowest BCUT2D eigenvalue weighted by atomic mass is 9.99. The summed E-state index contributed by atoms with van der Waals surface area (Å²) < 4.78 is 0. The van der Waals surface area contributed by atoms with Gasteiger partial charge in [0.05, 0.1) is 0 Å². The molecule has 0 aromatic heterocycles. The fourth-order valence-electron chi connectivity index (χ4n) is 1.59. The standard InChI is InChI=1S/C16H20/c1-3-15(4-2)11-7-5-8-12-16-13-9-6-10-14-16/h5-7,9-10,13-15H,3-4,11H2,1-2H3/b7-5+. The second-order valence-corrected chi connectivity index (χ2v) is 3.96. The Morgan fingerprint density at radius 3 is 2.44 bits per heavy atom. The van der Waals surface area contributed by atoms with Crippen LogP contribution in [-0.4, -0.2) is 0 Å². The summed E-state index contributed by atoms with van der Waals surface area (Å²) in [7, 11) is 0. The van der Waals surface area contributed by atoms with Gasteiger partial charge in [0, 0.05) is 5.56 Å². The third kappa shape index (κ3) is 4.84. The zero-order valence-electron chi connectivity index (χ0n) is 10.2. The van der Waals surface area contributed by atoms with Gasteiger partial charge < -0.3 is 0 Å². The fourth-order valence-corrected chi connectivity index (χ4v) is 1.59. The van der Waals surface area contributed by atoms with E-state index in [-0.39, 0.29) is 0 Å². The smallest absolute Gasteiger partial charge is 0.0248 e. The first-order valence-corrected chi connectivity index (χ1v) is 6.08. The highest BCUT2D eigenvalue weighted by molar-refractivity contribution is 5.36. The van der Waals surface area contributed by atoms with Crippen molar-refractivity contribution in [1.29, 1.82) is 0 Å². The molecule has 1 aromatic carbocycles. The van der Waals surface area contributed by atoms with Crippen LogP contribution in [0.2, 0.25) is 0 Å². The largest absolute Gasteiger partial charge is 0.0759 e. The monoisotopic (exact) mass is 212 g/mol. The van der Waals surface area contributed by atoms with E-state index in [4.69, 9.17) is 0 Å². The molecule has 0 spiro atoms. The van der Waals surface area contributed by atoms with Crippen LogP contribution in [-0.2, 0) is 0 Å². The van der Waals surface area contributed by atoms with Crippen LogP contribution in [0.3, 0.4) is 0 Å². The predicted molar refractivity (Wildman–Crippen MR) is 71.1 cm³/mol. The minimum atomic E-state index is 0.815. The average molecular weight is 212 g/mol. The molecule has 0 saturated carbocycles. The van der Waals surface area contributed by atoms with Crippen molar-refractivity contribution in [3.05, 3.63) is 48.0 Å². The van der Waals surface area contributed by atoms with E-state index in [1.807, 2.05) is 36.4 Å². The number of hydrogen-bond donors (Lipinski definition) is 0. The summed E-state index contributed by atoms with van der Waals surface area (Å²) in [4.78, 5) is 0. The Morgan fingerprint density at radius 2 is 1.81 bits per heavy atom. The summed E-state index contributed by atoms with van der Waals surface area (Å²) in [6.07, 6.45) is 7.83. The molecule has 0 aliphatic rings. The highest BCUT2D eigenvalue weighted by atomic mass is 14.0. The highest BCUT2D eigenvalue weighted by Gasteiger charge is 1.98. The lowest BCUT2D eigenvalue weighted by Gasteiger charge is -2.06. The van der Waals surface area contributed by atoms with Gasteiger partial charge >= 0.3 is 0 Å². The van der Waals surface area contributed by atoms with Gasteiger partial charge in [0.1, 0.15) is 0 Å². The van der Waals surface area contributed by atoms with Crippen LogP contribution in [0, 0.1) is 17.8 Å². The molecule has 0 heterocycles. The molecule has 0 fully saturated rings. The van der Waals surface area contributed by atoms with Gasteiger partial charge in [-0.2, -0.15) is 0 Å². The Morgan fingerprint density at radius 1 is 1.12 bits per heavy atom. The zero-order valence-corrected chi connectivity index (χ0v) is 10.2. The maximum atomic E-state index is 3.12. The van der Waals surface area contributed by atoms with Gasteiger partial charge in [0.25, 0.3) is 0 Å². The molecule has 0 amide bonds. The number of hydrogen-bond acceptors (Lipinski definition) is 0. The van der Waals surface area contributed by atoms with Crippen molar-refractivity contribution >= 4 is 0 Å². The molecule has 0 aliphatic carbocycles. The van der Waals surface area contributed by atoms with Gasteiger partial charge in [-0.25, -0.2) is 0 Å². The van der Waals surface area contributed by atoms with E-state index in [0.29, 0.717) is 0 Å². The third-order valence-electron chi connectivity index (χ3n) is 2.82. The van der Waals surface area contributed by atoms with Crippen molar-refractivity contribution in [3.63, 3.8) is 0 Å². The molecule has 0 aliphatic heterocycles. The number of rotatable bonds is 4.